The zero-order chi connectivity index (χ0) is 22.7. The van der Waals surface area contributed by atoms with Gasteiger partial charge in [-0.3, -0.25) is 4.79 Å². The Morgan fingerprint density at radius 2 is 1.97 bits per heavy atom. The third-order valence-corrected chi connectivity index (χ3v) is 7.85. The van der Waals surface area contributed by atoms with Crippen molar-refractivity contribution in [3.05, 3.63) is 26.6 Å². The predicted molar refractivity (Wildman–Crippen MR) is 131 cm³/mol. The van der Waals surface area contributed by atoms with Crippen LogP contribution in [-0.2, 0) is 17.6 Å². The lowest BCUT2D eigenvalue weighted by Gasteiger charge is -2.17. The monoisotopic (exact) mass is 480 g/mol. The van der Waals surface area contributed by atoms with Crippen molar-refractivity contribution in [1.29, 1.82) is 0 Å². The molecule has 2 N–H and O–H groups in total. The maximum atomic E-state index is 12.9. The third-order valence-electron chi connectivity index (χ3n) is 5.41. The highest BCUT2D eigenvalue weighted by Crippen LogP contribution is 2.35. The van der Waals surface area contributed by atoms with Gasteiger partial charge >= 0.3 is 5.97 Å². The molecule has 0 aliphatic heterocycles. The predicted octanol–water partition coefficient (Wildman–Crippen LogP) is 4.72. The van der Waals surface area contributed by atoms with E-state index in [0.29, 0.717) is 45.1 Å². The molecule has 1 atom stereocenters. The van der Waals surface area contributed by atoms with E-state index >= 15 is 0 Å². The van der Waals surface area contributed by atoms with E-state index in [1.165, 1.54) is 23.3 Å². The number of thiocarbonyl (C=S) groups is 1. The number of rotatable bonds is 6. The first-order valence-corrected chi connectivity index (χ1v) is 12.4. The summed E-state index contributed by atoms with van der Waals surface area (Å²) in [6.45, 7) is 9.06. The fourth-order valence-electron chi connectivity index (χ4n) is 3.63. The van der Waals surface area contributed by atoms with E-state index < -0.39 is 5.97 Å². The summed E-state index contributed by atoms with van der Waals surface area (Å²) in [6, 6.07) is 0. The number of fused-ring (bicyclic) bond motifs is 1. The Bertz CT molecular complexity index is 994. The summed E-state index contributed by atoms with van der Waals surface area (Å²) in [6.07, 6.45) is 3.18. The fourth-order valence-corrected chi connectivity index (χ4v) is 6.30. The van der Waals surface area contributed by atoms with Crippen LogP contribution in [0.2, 0.25) is 0 Å². The van der Waals surface area contributed by atoms with Crippen molar-refractivity contribution in [2.24, 2.45) is 5.92 Å². The van der Waals surface area contributed by atoms with E-state index in [1.54, 1.807) is 23.2 Å². The molecule has 2 aromatic rings. The molecule has 2 heterocycles. The van der Waals surface area contributed by atoms with Crippen LogP contribution in [0.3, 0.4) is 0 Å². The van der Waals surface area contributed by atoms with Gasteiger partial charge in [-0.2, -0.15) is 0 Å². The molecular weight excluding hydrogens is 452 g/mol. The van der Waals surface area contributed by atoms with Crippen LogP contribution in [0.1, 0.15) is 63.4 Å². The van der Waals surface area contributed by atoms with E-state index in [9.17, 15) is 9.59 Å². The topological polar surface area (TPSA) is 83.6 Å². The van der Waals surface area contributed by atoms with E-state index in [4.69, 9.17) is 17.0 Å². The Kier molecular flexibility index (Phi) is 7.66. The fraction of sp³-hybridized carbons (Fsp3) is 0.524. The molecule has 0 unspecified atom stereocenters. The van der Waals surface area contributed by atoms with Crippen LogP contribution in [0.4, 0.5) is 10.1 Å². The van der Waals surface area contributed by atoms with Crippen molar-refractivity contribution >= 4 is 62.0 Å². The molecule has 1 amide bonds. The number of thiazole rings is 1. The van der Waals surface area contributed by atoms with Crippen molar-refractivity contribution in [3.63, 3.8) is 0 Å². The normalized spacial score (nSPS) is 15.2. The second kappa shape index (κ2) is 10.1. The molecule has 0 saturated carbocycles. The lowest BCUT2D eigenvalue weighted by atomic mass is 9.93. The van der Waals surface area contributed by atoms with Gasteiger partial charge in [0.15, 0.2) is 10.2 Å². The third kappa shape index (κ3) is 5.07. The van der Waals surface area contributed by atoms with Crippen LogP contribution in [-0.4, -0.2) is 47.1 Å². The zero-order valence-electron chi connectivity index (χ0n) is 18.5. The summed E-state index contributed by atoms with van der Waals surface area (Å²) in [4.78, 5) is 33.6. The number of thiophene rings is 1. The Morgan fingerprint density at radius 3 is 2.61 bits per heavy atom. The maximum absolute atomic E-state index is 12.9. The molecule has 0 aromatic carbocycles. The molecule has 10 heteroatoms. The lowest BCUT2D eigenvalue weighted by molar-refractivity contribution is 0.0601. The summed E-state index contributed by atoms with van der Waals surface area (Å²) in [5.41, 5.74) is 2.07. The molecule has 1 aliphatic rings. The number of anilines is 2. The summed E-state index contributed by atoms with van der Waals surface area (Å²) in [5.74, 6) is 0.0620. The average Bonchev–Trinajstić information content (AvgIpc) is 3.27. The minimum absolute atomic E-state index is 0.105. The van der Waals surface area contributed by atoms with Crippen LogP contribution in [0.25, 0.3) is 0 Å². The van der Waals surface area contributed by atoms with Crippen molar-refractivity contribution in [2.45, 2.75) is 47.0 Å². The Labute approximate surface area is 196 Å². The summed E-state index contributed by atoms with van der Waals surface area (Å²) in [5, 5.41) is 7.78. The first kappa shape index (κ1) is 23.6. The van der Waals surface area contributed by atoms with Gasteiger partial charge in [0.05, 0.1) is 23.2 Å². The number of carbonyl (C=O) groups excluding carboxylic acids is 2. The number of carbonyl (C=O) groups is 2. The zero-order valence-corrected chi connectivity index (χ0v) is 20.9. The highest BCUT2D eigenvalue weighted by atomic mass is 32.1. The minimum atomic E-state index is -0.503. The first-order chi connectivity index (χ1) is 14.8. The number of esters is 1. The number of methoxy groups -OCH3 is 1. The largest absolute Gasteiger partial charge is 0.465 e. The quantitative estimate of drug-likeness (QED) is 0.457. The Hall–Kier alpha value is -2.04. The van der Waals surface area contributed by atoms with Crippen molar-refractivity contribution in [3.8, 4) is 0 Å². The molecule has 0 radical (unpaired) electrons. The van der Waals surface area contributed by atoms with Gasteiger partial charge in [-0.1, -0.05) is 6.92 Å². The van der Waals surface area contributed by atoms with Crippen molar-refractivity contribution in [2.75, 3.05) is 30.8 Å². The van der Waals surface area contributed by atoms with Gasteiger partial charge in [-0.25, -0.2) is 9.78 Å². The van der Waals surface area contributed by atoms with Crippen LogP contribution >= 0.6 is 34.9 Å². The average molecular weight is 481 g/mol. The number of hydrogen-bond acceptors (Lipinski definition) is 7. The highest BCUT2D eigenvalue weighted by Gasteiger charge is 2.28. The Morgan fingerprint density at radius 1 is 1.26 bits per heavy atom. The van der Waals surface area contributed by atoms with Gasteiger partial charge in [0, 0.05) is 18.0 Å². The minimum Gasteiger partial charge on any atom is -0.465 e. The van der Waals surface area contributed by atoms with E-state index in [2.05, 4.69) is 22.5 Å². The van der Waals surface area contributed by atoms with Gasteiger partial charge in [0.2, 0.25) is 0 Å². The number of amides is 1. The standard InChI is InChI=1S/C21H28N4O3S3/c1-6-25(7-2)18(26)16-12(4)15(19(27)28-5)17(31-16)23-20(29)24-21-22-13-9-8-11(3)10-14(13)30-21/h11H,6-10H2,1-5H3,(H2,22,23,24,29)/t11-/m0/s1. The molecule has 7 nitrogen and oxygen atoms in total. The molecular formula is C21H28N4O3S3. The van der Waals surface area contributed by atoms with Crippen LogP contribution in [0, 0.1) is 12.8 Å². The molecule has 0 spiro atoms. The van der Waals surface area contributed by atoms with Crippen molar-refractivity contribution < 1.29 is 14.3 Å². The molecule has 168 valence electrons. The van der Waals surface area contributed by atoms with Gasteiger partial charge < -0.3 is 20.3 Å². The molecule has 3 rings (SSSR count). The van der Waals surface area contributed by atoms with Crippen molar-refractivity contribution in [1.82, 2.24) is 9.88 Å². The van der Waals surface area contributed by atoms with Crippen LogP contribution in [0.15, 0.2) is 0 Å². The molecule has 2 aromatic heterocycles. The maximum Gasteiger partial charge on any atom is 0.341 e. The molecule has 31 heavy (non-hydrogen) atoms. The molecule has 0 saturated heterocycles. The summed E-state index contributed by atoms with van der Waals surface area (Å²) in [7, 11) is 1.33. The number of ether oxygens (including phenoxy) is 1. The molecule has 1 aliphatic carbocycles. The van der Waals surface area contributed by atoms with E-state index in [-0.39, 0.29) is 5.91 Å². The second-order valence-electron chi connectivity index (χ2n) is 7.55. The second-order valence-corrected chi connectivity index (χ2v) is 10.1. The van der Waals surface area contributed by atoms with Crippen LogP contribution < -0.4 is 10.6 Å². The van der Waals surface area contributed by atoms with Gasteiger partial charge in [-0.15, -0.1) is 22.7 Å². The highest BCUT2D eigenvalue weighted by molar-refractivity contribution is 7.80. The smallest absolute Gasteiger partial charge is 0.341 e. The summed E-state index contributed by atoms with van der Waals surface area (Å²) < 4.78 is 4.96. The number of nitrogens with one attached hydrogen (secondary N) is 2. The van der Waals surface area contributed by atoms with Gasteiger partial charge in [0.1, 0.15) is 5.00 Å². The molecule has 0 bridgehead atoms. The van der Waals surface area contributed by atoms with Gasteiger partial charge in [0.25, 0.3) is 5.91 Å². The first-order valence-electron chi connectivity index (χ1n) is 10.4. The summed E-state index contributed by atoms with van der Waals surface area (Å²) >= 11 is 8.32. The number of aromatic nitrogens is 1. The van der Waals surface area contributed by atoms with Gasteiger partial charge in [-0.05, 0) is 63.7 Å². The lowest BCUT2D eigenvalue weighted by Crippen LogP contribution is -2.30. The SMILES string of the molecule is CCN(CC)C(=O)c1sc(NC(=S)Nc2nc3c(s2)C[C@@H](C)CC3)c(C(=O)OC)c1C. The van der Waals surface area contributed by atoms with E-state index in [1.807, 2.05) is 13.8 Å². The Balaban J connectivity index is 1.83. The number of nitrogens with zero attached hydrogens (tertiary/aromatic N) is 2. The number of hydrogen-bond donors (Lipinski definition) is 2. The number of aryl methyl sites for hydroxylation is 1. The molecule has 0 fully saturated rings. The van der Waals surface area contributed by atoms with E-state index in [0.717, 1.165) is 30.1 Å². The van der Waals surface area contributed by atoms with Crippen LogP contribution in [0.5, 0.6) is 0 Å².